The van der Waals surface area contributed by atoms with Gasteiger partial charge in [0.1, 0.15) is 25.6 Å². The minimum atomic E-state index is -4.66. The number of anilines is 1. The van der Waals surface area contributed by atoms with Crippen molar-refractivity contribution in [2.75, 3.05) is 31.2 Å². The molecule has 0 saturated carbocycles. The van der Waals surface area contributed by atoms with Crippen molar-refractivity contribution in [3.05, 3.63) is 40.7 Å². The van der Waals surface area contributed by atoms with Crippen LogP contribution in [0.2, 0.25) is 5.02 Å². The fraction of sp³-hybridized carbons (Fsp3) is 0.429. The molecular weight excluding hydrogens is 479 g/mol. The molecule has 0 spiro atoms. The van der Waals surface area contributed by atoms with E-state index >= 15 is 0 Å². The second kappa shape index (κ2) is 8.82. The van der Waals surface area contributed by atoms with Crippen molar-refractivity contribution in [1.82, 2.24) is 19.8 Å². The van der Waals surface area contributed by atoms with E-state index in [2.05, 4.69) is 15.3 Å². The lowest BCUT2D eigenvalue weighted by molar-refractivity contribution is -0.150. The lowest BCUT2D eigenvalue weighted by Gasteiger charge is -2.31. The number of fused-ring (bicyclic) bond motifs is 2. The number of hydrogen-bond acceptors (Lipinski definition) is 8. The molecular formula is C21H19ClF3N5O4. The van der Waals surface area contributed by atoms with Gasteiger partial charge in [0.25, 0.3) is 5.82 Å². The van der Waals surface area contributed by atoms with E-state index in [4.69, 9.17) is 25.8 Å². The first-order chi connectivity index (χ1) is 16.3. The van der Waals surface area contributed by atoms with E-state index in [-0.39, 0.29) is 24.1 Å². The molecule has 13 heteroatoms. The van der Waals surface area contributed by atoms with Crippen molar-refractivity contribution in [2.24, 2.45) is 5.92 Å². The number of alkyl halides is 3. The lowest BCUT2D eigenvalue weighted by atomic mass is 9.97. The Morgan fingerprint density at radius 2 is 1.91 bits per heavy atom. The lowest BCUT2D eigenvalue weighted by Crippen LogP contribution is -2.37. The van der Waals surface area contributed by atoms with Crippen LogP contribution in [-0.2, 0) is 22.3 Å². The number of piperidine rings is 1. The Kier molecular flexibility index (Phi) is 5.84. The number of esters is 1. The molecule has 0 bridgehead atoms. The number of hydrogen-bond donors (Lipinski definition) is 0. The second-order valence-corrected chi connectivity index (χ2v) is 8.36. The second-order valence-electron chi connectivity index (χ2n) is 7.95. The highest BCUT2D eigenvalue weighted by Gasteiger charge is 2.38. The normalized spacial score (nSPS) is 16.6. The van der Waals surface area contributed by atoms with Gasteiger partial charge in [0.15, 0.2) is 17.1 Å². The minimum Gasteiger partial charge on any atom is -0.486 e. The zero-order chi connectivity index (χ0) is 23.9. The van der Waals surface area contributed by atoms with Crippen molar-refractivity contribution in [1.29, 1.82) is 0 Å². The van der Waals surface area contributed by atoms with Gasteiger partial charge < -0.3 is 19.1 Å². The smallest absolute Gasteiger partial charge is 0.453 e. The Morgan fingerprint density at radius 3 is 2.68 bits per heavy atom. The third-order valence-corrected chi connectivity index (χ3v) is 5.97. The maximum Gasteiger partial charge on any atom is 0.453 e. The Labute approximate surface area is 196 Å². The van der Waals surface area contributed by atoms with Crippen molar-refractivity contribution in [3.8, 4) is 11.5 Å². The molecule has 2 aliphatic heterocycles. The van der Waals surface area contributed by atoms with Gasteiger partial charge in [-0.2, -0.15) is 17.7 Å². The highest BCUT2D eigenvalue weighted by molar-refractivity contribution is 6.32. The van der Waals surface area contributed by atoms with Crippen molar-refractivity contribution < 1.29 is 32.2 Å². The molecule has 34 heavy (non-hydrogen) atoms. The highest BCUT2D eigenvalue weighted by Crippen LogP contribution is 2.38. The highest BCUT2D eigenvalue weighted by atomic mass is 35.5. The number of nitrogens with zero attached hydrogens (tertiary/aromatic N) is 5. The number of ether oxygens (including phenoxy) is 3. The first-order valence-electron chi connectivity index (χ1n) is 10.6. The summed E-state index contributed by atoms with van der Waals surface area (Å²) in [5.74, 6) is -0.488. The first kappa shape index (κ1) is 22.5. The number of halogens is 4. The molecule has 0 amide bonds. The molecule has 4 heterocycles. The van der Waals surface area contributed by atoms with Gasteiger partial charge in [0, 0.05) is 13.1 Å². The molecule has 0 N–H and O–H groups in total. The molecule has 5 rings (SSSR count). The molecule has 180 valence electrons. The third-order valence-electron chi connectivity index (χ3n) is 5.69. The summed E-state index contributed by atoms with van der Waals surface area (Å²) in [5.41, 5.74) is 0.695. The van der Waals surface area contributed by atoms with Gasteiger partial charge in [-0.1, -0.05) is 11.6 Å². The standard InChI is InChI=1S/C21H19ClF3N5O4/c22-14-9-12(10-15-18(14)33-8-7-32-15)11-34-19(31)13-3-5-29(6-4-13)17-2-1-16-26-27-20(21(23,24)25)30(16)28-17/h1-2,9-10,13H,3-8,11H2. The molecule has 2 aliphatic rings. The van der Waals surface area contributed by atoms with Crippen LogP contribution < -0.4 is 14.4 Å². The van der Waals surface area contributed by atoms with Crippen LogP contribution in [0.3, 0.4) is 0 Å². The predicted molar refractivity (Wildman–Crippen MR) is 113 cm³/mol. The summed E-state index contributed by atoms with van der Waals surface area (Å²) in [5, 5.41) is 11.1. The third kappa shape index (κ3) is 4.41. The summed E-state index contributed by atoms with van der Waals surface area (Å²) in [6.45, 7) is 1.77. The van der Waals surface area contributed by atoms with Crippen LogP contribution in [0.15, 0.2) is 24.3 Å². The van der Waals surface area contributed by atoms with Gasteiger partial charge in [-0.3, -0.25) is 4.79 Å². The average Bonchev–Trinajstić information content (AvgIpc) is 3.27. The molecule has 1 fully saturated rings. The van der Waals surface area contributed by atoms with Gasteiger partial charge in [0.05, 0.1) is 10.9 Å². The van der Waals surface area contributed by atoms with E-state index in [1.807, 2.05) is 4.90 Å². The molecule has 9 nitrogen and oxygen atoms in total. The van der Waals surface area contributed by atoms with E-state index in [0.717, 1.165) is 0 Å². The van der Waals surface area contributed by atoms with Crippen molar-refractivity contribution in [2.45, 2.75) is 25.6 Å². The maximum atomic E-state index is 13.1. The summed E-state index contributed by atoms with van der Waals surface area (Å²) in [6.07, 6.45) is -3.70. The van der Waals surface area contributed by atoms with Crippen LogP contribution in [0.25, 0.3) is 5.65 Å². The van der Waals surface area contributed by atoms with E-state index < -0.39 is 12.0 Å². The Morgan fingerprint density at radius 1 is 1.15 bits per heavy atom. The van der Waals surface area contributed by atoms with Gasteiger partial charge in [-0.25, -0.2) is 0 Å². The fourth-order valence-corrected chi connectivity index (χ4v) is 4.28. The SMILES string of the molecule is O=C(OCc1cc(Cl)c2c(c1)OCCO2)C1CCN(c2ccc3nnc(C(F)(F)F)n3n2)CC1. The predicted octanol–water partition coefficient (Wildman–Crippen LogP) is 3.53. The van der Waals surface area contributed by atoms with Crippen molar-refractivity contribution in [3.63, 3.8) is 0 Å². The van der Waals surface area contributed by atoms with Crippen LogP contribution in [0.5, 0.6) is 11.5 Å². The molecule has 2 aromatic heterocycles. The quantitative estimate of drug-likeness (QED) is 0.506. The number of carbonyl (C=O) groups excluding carboxylic acids is 1. The fourth-order valence-electron chi connectivity index (χ4n) is 3.99. The summed E-state index contributed by atoms with van der Waals surface area (Å²) >= 11 is 6.22. The number of benzene rings is 1. The van der Waals surface area contributed by atoms with Crippen LogP contribution in [0, 0.1) is 5.92 Å². The van der Waals surface area contributed by atoms with Gasteiger partial charge in [0.2, 0.25) is 0 Å². The van der Waals surface area contributed by atoms with Crippen LogP contribution in [-0.4, -0.2) is 52.1 Å². The number of rotatable bonds is 4. The number of carbonyl (C=O) groups is 1. The van der Waals surface area contributed by atoms with E-state index in [0.29, 0.717) is 71.6 Å². The summed E-state index contributed by atoms with van der Waals surface area (Å²) in [4.78, 5) is 14.4. The maximum absolute atomic E-state index is 13.1. The van der Waals surface area contributed by atoms with Crippen molar-refractivity contribution >= 4 is 29.0 Å². The van der Waals surface area contributed by atoms with E-state index in [1.165, 1.54) is 6.07 Å². The summed E-state index contributed by atoms with van der Waals surface area (Å²) in [6, 6.07) is 6.43. The number of aromatic nitrogens is 4. The molecule has 0 unspecified atom stereocenters. The largest absolute Gasteiger partial charge is 0.486 e. The Balaban J connectivity index is 1.19. The zero-order valence-electron chi connectivity index (χ0n) is 17.7. The molecule has 0 aliphatic carbocycles. The molecule has 3 aromatic rings. The van der Waals surface area contributed by atoms with Gasteiger partial charge in [-0.15, -0.1) is 15.3 Å². The van der Waals surface area contributed by atoms with E-state index in [9.17, 15) is 18.0 Å². The van der Waals surface area contributed by atoms with Crippen LogP contribution in [0.1, 0.15) is 24.2 Å². The summed E-state index contributed by atoms with van der Waals surface area (Å²) in [7, 11) is 0. The first-order valence-corrected chi connectivity index (χ1v) is 11.0. The minimum absolute atomic E-state index is 0.00813. The Hall–Kier alpha value is -3.28. The van der Waals surface area contributed by atoms with Crippen LogP contribution >= 0.6 is 11.6 Å². The molecule has 1 saturated heterocycles. The van der Waals surface area contributed by atoms with Crippen LogP contribution in [0.4, 0.5) is 19.0 Å². The van der Waals surface area contributed by atoms with Gasteiger partial charge >= 0.3 is 12.1 Å². The molecule has 0 radical (unpaired) electrons. The molecule has 0 atom stereocenters. The van der Waals surface area contributed by atoms with E-state index in [1.54, 1.807) is 18.2 Å². The monoisotopic (exact) mass is 497 g/mol. The summed E-state index contributed by atoms with van der Waals surface area (Å²) < 4.78 is 56.5. The molecule has 1 aromatic carbocycles. The van der Waals surface area contributed by atoms with Gasteiger partial charge in [-0.05, 0) is 42.7 Å². The zero-order valence-corrected chi connectivity index (χ0v) is 18.5. The Bertz CT molecular complexity index is 1230. The average molecular weight is 498 g/mol. The topological polar surface area (TPSA) is 91.1 Å².